The van der Waals surface area contributed by atoms with Gasteiger partial charge in [-0.15, -0.1) is 0 Å². The zero-order valence-electron chi connectivity index (χ0n) is 5.55. The monoisotopic (exact) mass is 140 g/mol. The third kappa shape index (κ3) is 1.16. The molecule has 0 amide bonds. The third-order valence-electron chi connectivity index (χ3n) is 2.13. The van der Waals surface area contributed by atoms with Gasteiger partial charge in [0.25, 0.3) is 0 Å². The molecule has 0 aromatic carbocycles. The van der Waals surface area contributed by atoms with E-state index in [-0.39, 0.29) is 0 Å². The maximum Gasteiger partial charge on any atom is 0.0229 e. The van der Waals surface area contributed by atoms with Crippen LogP contribution >= 0.6 is 11.8 Å². The standard InChI is InChI=1S/C8H12S/c1-3-7-5-2-6-8(4-1)9-7/h1,3,7-8H,2,4-6H2/t7-,8+/m1/s1. The van der Waals surface area contributed by atoms with E-state index in [4.69, 9.17) is 0 Å². The van der Waals surface area contributed by atoms with Gasteiger partial charge in [-0.05, 0) is 19.3 Å². The molecule has 2 aliphatic rings. The lowest BCUT2D eigenvalue weighted by Gasteiger charge is -2.29. The van der Waals surface area contributed by atoms with Crippen molar-refractivity contribution in [2.75, 3.05) is 0 Å². The Bertz CT molecular complexity index is 129. The van der Waals surface area contributed by atoms with Gasteiger partial charge in [0.1, 0.15) is 0 Å². The van der Waals surface area contributed by atoms with E-state index in [0.717, 1.165) is 10.5 Å². The van der Waals surface area contributed by atoms with E-state index < -0.39 is 0 Å². The molecule has 1 fully saturated rings. The van der Waals surface area contributed by atoms with E-state index in [9.17, 15) is 0 Å². The zero-order chi connectivity index (χ0) is 6.10. The van der Waals surface area contributed by atoms with E-state index in [1.165, 1.54) is 25.7 Å². The minimum Gasteiger partial charge on any atom is -0.151 e. The predicted octanol–water partition coefficient (Wildman–Crippen LogP) is 2.60. The molecule has 0 unspecified atom stereocenters. The topological polar surface area (TPSA) is 0 Å². The second-order valence-electron chi connectivity index (χ2n) is 2.89. The summed E-state index contributed by atoms with van der Waals surface area (Å²) >= 11 is 2.19. The number of rotatable bonds is 0. The van der Waals surface area contributed by atoms with Gasteiger partial charge in [-0.1, -0.05) is 18.6 Å². The van der Waals surface area contributed by atoms with Crippen LogP contribution in [-0.4, -0.2) is 10.5 Å². The maximum absolute atomic E-state index is 2.39. The van der Waals surface area contributed by atoms with Crippen LogP contribution in [-0.2, 0) is 0 Å². The number of allylic oxidation sites excluding steroid dienone is 1. The Hall–Kier alpha value is 0.0900. The average Bonchev–Trinajstić information content (AvgIpc) is 1.88. The minimum atomic E-state index is 0.887. The lowest BCUT2D eigenvalue weighted by atomic mass is 10.0. The van der Waals surface area contributed by atoms with Crippen molar-refractivity contribution in [1.82, 2.24) is 0 Å². The van der Waals surface area contributed by atoms with Gasteiger partial charge in [0.05, 0.1) is 0 Å². The van der Waals surface area contributed by atoms with Crippen molar-refractivity contribution in [2.24, 2.45) is 0 Å². The molecule has 0 aromatic heterocycles. The second kappa shape index (κ2) is 2.37. The molecule has 0 aromatic rings. The zero-order valence-corrected chi connectivity index (χ0v) is 6.36. The number of hydrogen-bond donors (Lipinski definition) is 0. The SMILES string of the molecule is C1=C[C@@H]2CCC[C@H](C1)S2. The second-order valence-corrected chi connectivity index (χ2v) is 4.44. The Morgan fingerprint density at radius 3 is 3.11 bits per heavy atom. The van der Waals surface area contributed by atoms with E-state index in [2.05, 4.69) is 23.9 Å². The van der Waals surface area contributed by atoms with Crippen LogP contribution < -0.4 is 0 Å². The van der Waals surface area contributed by atoms with Crippen LogP contribution in [0.5, 0.6) is 0 Å². The van der Waals surface area contributed by atoms with E-state index in [1.807, 2.05) is 0 Å². The first-order chi connectivity index (χ1) is 4.45. The third-order valence-corrected chi connectivity index (χ3v) is 3.69. The normalized spacial score (nSPS) is 40.9. The Morgan fingerprint density at radius 1 is 1.33 bits per heavy atom. The van der Waals surface area contributed by atoms with Crippen molar-refractivity contribution < 1.29 is 0 Å². The van der Waals surface area contributed by atoms with Crippen LogP contribution in [0.4, 0.5) is 0 Å². The Labute approximate surface area is 60.7 Å². The fraction of sp³-hybridized carbons (Fsp3) is 0.750. The van der Waals surface area contributed by atoms with E-state index in [0.29, 0.717) is 0 Å². The molecule has 2 rings (SSSR count). The van der Waals surface area contributed by atoms with Crippen LogP contribution in [0.1, 0.15) is 25.7 Å². The summed E-state index contributed by atoms with van der Waals surface area (Å²) in [5, 5.41) is 1.87. The Balaban J connectivity index is 2.09. The fourth-order valence-corrected chi connectivity index (χ4v) is 3.15. The molecule has 50 valence electrons. The smallest absolute Gasteiger partial charge is 0.0229 e. The van der Waals surface area contributed by atoms with Crippen LogP contribution in [0.15, 0.2) is 12.2 Å². The summed E-state index contributed by atoms with van der Waals surface area (Å²) in [5.41, 5.74) is 0. The molecule has 2 atom stereocenters. The average molecular weight is 140 g/mol. The van der Waals surface area contributed by atoms with Crippen molar-refractivity contribution in [1.29, 1.82) is 0 Å². The quantitative estimate of drug-likeness (QED) is 0.466. The van der Waals surface area contributed by atoms with Gasteiger partial charge in [-0.2, -0.15) is 11.8 Å². The summed E-state index contributed by atoms with van der Waals surface area (Å²) in [6, 6.07) is 0. The summed E-state index contributed by atoms with van der Waals surface area (Å²) in [7, 11) is 0. The molecule has 2 bridgehead atoms. The fourth-order valence-electron chi connectivity index (χ4n) is 1.63. The largest absolute Gasteiger partial charge is 0.151 e. The van der Waals surface area contributed by atoms with Crippen LogP contribution in [0.25, 0.3) is 0 Å². The molecule has 0 radical (unpaired) electrons. The molecule has 1 heteroatoms. The molecule has 9 heavy (non-hydrogen) atoms. The van der Waals surface area contributed by atoms with E-state index >= 15 is 0 Å². The minimum absolute atomic E-state index is 0.887. The van der Waals surface area contributed by atoms with Crippen molar-refractivity contribution in [3.05, 3.63) is 12.2 Å². The number of fused-ring (bicyclic) bond motifs is 2. The molecular formula is C8H12S. The van der Waals surface area contributed by atoms with Gasteiger partial charge in [0.2, 0.25) is 0 Å². The van der Waals surface area contributed by atoms with Crippen LogP contribution in [0.2, 0.25) is 0 Å². The van der Waals surface area contributed by atoms with Gasteiger partial charge in [-0.3, -0.25) is 0 Å². The summed E-state index contributed by atoms with van der Waals surface area (Å²) in [6.07, 6.45) is 10.4. The molecule has 0 spiro atoms. The van der Waals surface area contributed by atoms with Crippen molar-refractivity contribution in [3.8, 4) is 0 Å². The highest BCUT2D eigenvalue weighted by Gasteiger charge is 2.22. The number of hydrogen-bond acceptors (Lipinski definition) is 1. The van der Waals surface area contributed by atoms with Crippen molar-refractivity contribution in [2.45, 2.75) is 36.2 Å². The Morgan fingerprint density at radius 2 is 2.33 bits per heavy atom. The highest BCUT2D eigenvalue weighted by atomic mass is 32.2. The van der Waals surface area contributed by atoms with Crippen LogP contribution in [0, 0.1) is 0 Å². The summed E-state index contributed by atoms with van der Waals surface area (Å²) < 4.78 is 0. The first-order valence-corrected chi connectivity index (χ1v) is 4.71. The van der Waals surface area contributed by atoms with Gasteiger partial charge < -0.3 is 0 Å². The van der Waals surface area contributed by atoms with Gasteiger partial charge in [0, 0.05) is 10.5 Å². The summed E-state index contributed by atoms with van der Waals surface area (Å²) in [6.45, 7) is 0. The molecule has 0 aliphatic carbocycles. The highest BCUT2D eigenvalue weighted by Crippen LogP contribution is 2.37. The van der Waals surface area contributed by atoms with Crippen molar-refractivity contribution in [3.63, 3.8) is 0 Å². The summed E-state index contributed by atoms with van der Waals surface area (Å²) in [5.74, 6) is 0. The lowest BCUT2D eigenvalue weighted by molar-refractivity contribution is 0.624. The molecule has 1 saturated heterocycles. The van der Waals surface area contributed by atoms with E-state index in [1.54, 1.807) is 0 Å². The van der Waals surface area contributed by atoms with Gasteiger partial charge in [-0.25, -0.2) is 0 Å². The number of thioether (sulfide) groups is 1. The molecule has 0 nitrogen and oxygen atoms in total. The van der Waals surface area contributed by atoms with Gasteiger partial charge >= 0.3 is 0 Å². The van der Waals surface area contributed by atoms with Crippen LogP contribution in [0.3, 0.4) is 0 Å². The molecular weight excluding hydrogens is 128 g/mol. The highest BCUT2D eigenvalue weighted by molar-refractivity contribution is 8.00. The van der Waals surface area contributed by atoms with Crippen molar-refractivity contribution >= 4 is 11.8 Å². The summed E-state index contributed by atoms with van der Waals surface area (Å²) in [4.78, 5) is 0. The lowest BCUT2D eigenvalue weighted by Crippen LogP contribution is -2.18. The predicted molar refractivity (Wildman–Crippen MR) is 42.8 cm³/mol. The van der Waals surface area contributed by atoms with Gasteiger partial charge in [0.15, 0.2) is 0 Å². The molecule has 0 N–H and O–H groups in total. The first kappa shape index (κ1) is 5.84. The molecule has 0 saturated carbocycles. The first-order valence-electron chi connectivity index (χ1n) is 3.77. The maximum atomic E-state index is 2.39. The molecule has 2 heterocycles. The Kier molecular flexibility index (Phi) is 1.54. The molecule has 2 aliphatic heterocycles.